The number of alkyl halides is 3. The van der Waals surface area contributed by atoms with Gasteiger partial charge in [0.2, 0.25) is 0 Å². The van der Waals surface area contributed by atoms with E-state index in [2.05, 4.69) is 4.98 Å². The molecule has 0 aliphatic carbocycles. The van der Waals surface area contributed by atoms with Crippen LogP contribution in [0.5, 0.6) is 0 Å². The number of halogens is 3. The van der Waals surface area contributed by atoms with E-state index in [0.717, 1.165) is 13.2 Å². The Morgan fingerprint density at radius 1 is 1.42 bits per heavy atom. The number of nitrogens with zero attached hydrogens (tertiary/aromatic N) is 2. The van der Waals surface area contributed by atoms with Crippen molar-refractivity contribution in [1.29, 1.82) is 0 Å². The summed E-state index contributed by atoms with van der Waals surface area (Å²) in [6.07, 6.45) is -3.08. The van der Waals surface area contributed by atoms with Gasteiger partial charge in [0.25, 0.3) is 5.56 Å². The summed E-state index contributed by atoms with van der Waals surface area (Å²) < 4.78 is 36.6. The maximum Gasteiger partial charge on any atom is 0.433 e. The highest BCUT2D eigenvalue weighted by atomic mass is 19.4. The summed E-state index contributed by atoms with van der Waals surface area (Å²) in [5.41, 5.74) is -1.82. The molecule has 1 aromatic heterocycles. The van der Waals surface area contributed by atoms with Crippen molar-refractivity contribution in [1.82, 2.24) is 9.55 Å². The lowest BCUT2D eigenvalue weighted by molar-refractivity contribution is -0.144. The summed E-state index contributed by atoms with van der Waals surface area (Å²) in [5, 5.41) is 0. The zero-order chi connectivity index (χ0) is 9.35. The second kappa shape index (κ2) is 2.62. The minimum atomic E-state index is -4.53. The van der Waals surface area contributed by atoms with Crippen molar-refractivity contribution in [3.63, 3.8) is 0 Å². The van der Waals surface area contributed by atoms with Crippen LogP contribution in [0.4, 0.5) is 13.2 Å². The number of hydrogen-bond acceptors (Lipinski definition) is 2. The molecular formula is C6H5F3N2O. The third kappa shape index (κ3) is 1.46. The van der Waals surface area contributed by atoms with Gasteiger partial charge in [0.15, 0.2) is 0 Å². The van der Waals surface area contributed by atoms with Crippen molar-refractivity contribution in [2.75, 3.05) is 0 Å². The van der Waals surface area contributed by atoms with Crippen molar-refractivity contribution in [2.24, 2.45) is 7.05 Å². The topological polar surface area (TPSA) is 34.9 Å². The standard InChI is InChI=1S/C6H5F3N2O/c1-11-4(6(7,8)9)2-10-3-5(11)12/h2-3H,1H3. The van der Waals surface area contributed by atoms with E-state index in [1.54, 1.807) is 0 Å². The molecule has 0 saturated carbocycles. The molecule has 1 aromatic rings. The molecule has 1 rings (SSSR count). The monoisotopic (exact) mass is 178 g/mol. The van der Waals surface area contributed by atoms with Crippen LogP contribution >= 0.6 is 0 Å². The first-order valence-electron chi connectivity index (χ1n) is 3.01. The highest BCUT2D eigenvalue weighted by Gasteiger charge is 2.33. The molecule has 0 aromatic carbocycles. The van der Waals surface area contributed by atoms with Crippen LogP contribution < -0.4 is 5.56 Å². The van der Waals surface area contributed by atoms with Crippen molar-refractivity contribution in [3.8, 4) is 0 Å². The van der Waals surface area contributed by atoms with Crippen LogP contribution in [0.25, 0.3) is 0 Å². The second-order valence-corrected chi connectivity index (χ2v) is 2.19. The number of rotatable bonds is 0. The average Bonchev–Trinajstić information content (AvgIpc) is 1.92. The molecular weight excluding hydrogens is 173 g/mol. The molecule has 0 aliphatic rings. The Morgan fingerprint density at radius 3 is 2.42 bits per heavy atom. The summed E-state index contributed by atoms with van der Waals surface area (Å²) in [6.45, 7) is 0. The number of hydrogen-bond donors (Lipinski definition) is 0. The van der Waals surface area contributed by atoms with Gasteiger partial charge < -0.3 is 4.57 Å². The predicted octanol–water partition coefficient (Wildman–Crippen LogP) is 0.799. The molecule has 0 bridgehead atoms. The summed E-state index contributed by atoms with van der Waals surface area (Å²) in [7, 11) is 1.05. The van der Waals surface area contributed by atoms with Crippen LogP contribution in [0, 0.1) is 0 Å². The molecule has 0 saturated heterocycles. The molecule has 0 aliphatic heterocycles. The Balaban J connectivity index is 3.36. The molecule has 0 unspecified atom stereocenters. The first kappa shape index (κ1) is 8.76. The van der Waals surface area contributed by atoms with Gasteiger partial charge in [0.1, 0.15) is 5.69 Å². The highest BCUT2D eigenvalue weighted by molar-refractivity contribution is 5.02. The van der Waals surface area contributed by atoms with Gasteiger partial charge in [0, 0.05) is 7.05 Å². The Labute approximate surface area is 65.5 Å². The fourth-order valence-electron chi connectivity index (χ4n) is 0.727. The highest BCUT2D eigenvalue weighted by Crippen LogP contribution is 2.26. The molecule has 0 amide bonds. The molecule has 0 spiro atoms. The van der Waals surface area contributed by atoms with Gasteiger partial charge in [-0.25, -0.2) is 0 Å². The van der Waals surface area contributed by atoms with Crippen LogP contribution in [-0.4, -0.2) is 9.55 Å². The Bertz CT molecular complexity index is 341. The zero-order valence-corrected chi connectivity index (χ0v) is 6.09. The molecule has 0 atom stereocenters. The zero-order valence-electron chi connectivity index (χ0n) is 6.09. The third-order valence-corrected chi connectivity index (χ3v) is 1.36. The summed E-state index contributed by atoms with van der Waals surface area (Å²) in [6, 6.07) is 0. The van der Waals surface area contributed by atoms with E-state index in [0.29, 0.717) is 10.8 Å². The molecule has 12 heavy (non-hydrogen) atoms. The van der Waals surface area contributed by atoms with Crippen LogP contribution in [0.2, 0.25) is 0 Å². The van der Waals surface area contributed by atoms with E-state index in [4.69, 9.17) is 0 Å². The SMILES string of the molecule is Cn1c(C(F)(F)F)cncc1=O. The van der Waals surface area contributed by atoms with E-state index in [1.807, 2.05) is 0 Å². The van der Waals surface area contributed by atoms with Crippen LogP contribution in [0.15, 0.2) is 17.2 Å². The molecule has 6 heteroatoms. The van der Waals surface area contributed by atoms with E-state index >= 15 is 0 Å². The van der Waals surface area contributed by atoms with Crippen molar-refractivity contribution < 1.29 is 13.2 Å². The van der Waals surface area contributed by atoms with Gasteiger partial charge in [-0.3, -0.25) is 9.78 Å². The van der Waals surface area contributed by atoms with Crippen molar-refractivity contribution in [3.05, 3.63) is 28.4 Å². The summed E-state index contributed by atoms with van der Waals surface area (Å²) >= 11 is 0. The maximum absolute atomic E-state index is 12.0. The second-order valence-electron chi connectivity index (χ2n) is 2.19. The minimum absolute atomic E-state index is 0.507. The van der Waals surface area contributed by atoms with Gasteiger partial charge >= 0.3 is 6.18 Å². The normalized spacial score (nSPS) is 11.7. The van der Waals surface area contributed by atoms with Gasteiger partial charge in [-0.2, -0.15) is 13.2 Å². The Kier molecular flexibility index (Phi) is 1.91. The van der Waals surface area contributed by atoms with E-state index in [1.165, 1.54) is 0 Å². The fourth-order valence-corrected chi connectivity index (χ4v) is 0.727. The molecule has 66 valence electrons. The van der Waals surface area contributed by atoms with Gasteiger partial charge in [-0.1, -0.05) is 0 Å². The summed E-state index contributed by atoms with van der Waals surface area (Å²) in [5.74, 6) is 0. The van der Waals surface area contributed by atoms with E-state index < -0.39 is 17.4 Å². The molecule has 1 heterocycles. The number of aromatic nitrogens is 2. The first-order chi connectivity index (χ1) is 5.43. The van der Waals surface area contributed by atoms with Crippen molar-refractivity contribution in [2.45, 2.75) is 6.18 Å². The predicted molar refractivity (Wildman–Crippen MR) is 34.5 cm³/mol. The fraction of sp³-hybridized carbons (Fsp3) is 0.333. The molecule has 3 nitrogen and oxygen atoms in total. The lowest BCUT2D eigenvalue weighted by Gasteiger charge is -2.09. The molecule has 0 fully saturated rings. The lowest BCUT2D eigenvalue weighted by atomic mass is 10.4. The quantitative estimate of drug-likeness (QED) is 0.588. The average molecular weight is 178 g/mol. The van der Waals surface area contributed by atoms with Gasteiger partial charge in [-0.05, 0) is 0 Å². The maximum atomic E-state index is 12.0. The largest absolute Gasteiger partial charge is 0.433 e. The Morgan fingerprint density at radius 2 is 2.00 bits per heavy atom. The third-order valence-electron chi connectivity index (χ3n) is 1.36. The van der Waals surface area contributed by atoms with Crippen molar-refractivity contribution >= 4 is 0 Å². The van der Waals surface area contributed by atoms with Crippen LogP contribution in [-0.2, 0) is 13.2 Å². The lowest BCUT2D eigenvalue weighted by Crippen LogP contribution is -2.25. The van der Waals surface area contributed by atoms with E-state index in [-0.39, 0.29) is 0 Å². The molecule has 0 radical (unpaired) electrons. The van der Waals surface area contributed by atoms with E-state index in [9.17, 15) is 18.0 Å². The van der Waals surface area contributed by atoms with Gasteiger partial charge in [-0.15, -0.1) is 0 Å². The van der Waals surface area contributed by atoms with Gasteiger partial charge in [0.05, 0.1) is 12.4 Å². The van der Waals surface area contributed by atoms with Crippen LogP contribution in [0.3, 0.4) is 0 Å². The summed E-state index contributed by atoms with van der Waals surface area (Å²) in [4.78, 5) is 13.8. The minimum Gasteiger partial charge on any atom is -0.305 e. The smallest absolute Gasteiger partial charge is 0.305 e. The first-order valence-corrected chi connectivity index (χ1v) is 3.01. The molecule has 0 N–H and O–H groups in total. The Hall–Kier alpha value is -1.33. The van der Waals surface area contributed by atoms with Crippen LogP contribution in [0.1, 0.15) is 5.69 Å².